The van der Waals surface area contributed by atoms with E-state index in [-0.39, 0.29) is 24.6 Å². The fourth-order valence-corrected chi connectivity index (χ4v) is 5.93. The van der Waals surface area contributed by atoms with Crippen LogP contribution in [0.4, 0.5) is 11.4 Å². The molecule has 2 N–H and O–H groups in total. The maximum Gasteiger partial charge on any atom is 0.250 e. The molecule has 0 bridgehead atoms. The molecular weight excluding hydrogens is 506 g/mol. The van der Waals surface area contributed by atoms with Gasteiger partial charge in [0.25, 0.3) is 0 Å². The lowest BCUT2D eigenvalue weighted by Crippen LogP contribution is -2.30. The van der Waals surface area contributed by atoms with Gasteiger partial charge in [-0.2, -0.15) is 0 Å². The van der Waals surface area contributed by atoms with Gasteiger partial charge in [0, 0.05) is 47.3 Å². The summed E-state index contributed by atoms with van der Waals surface area (Å²) in [6.07, 6.45) is 1.82. The average molecular weight is 540 g/mol. The van der Waals surface area contributed by atoms with Crippen molar-refractivity contribution in [3.05, 3.63) is 107 Å². The number of pyridine rings is 1. The first-order chi connectivity index (χ1) is 18.8. The van der Waals surface area contributed by atoms with Crippen molar-refractivity contribution >= 4 is 34.6 Å². The molecule has 0 unspecified atom stereocenters. The van der Waals surface area contributed by atoms with E-state index in [0.717, 1.165) is 28.3 Å². The first kappa shape index (κ1) is 26.6. The highest BCUT2D eigenvalue weighted by Crippen LogP contribution is 2.45. The number of thiocarbonyl (C=S) groups is 1. The van der Waals surface area contributed by atoms with Crippen LogP contribution in [-0.4, -0.2) is 34.3 Å². The topological polar surface area (TPSA) is 71.4 Å². The highest BCUT2D eigenvalue weighted by Gasteiger charge is 2.43. The molecule has 5 rings (SSSR count). The number of hydrogen-bond donors (Lipinski definition) is 2. The maximum absolute atomic E-state index is 12.1. The summed E-state index contributed by atoms with van der Waals surface area (Å²) < 4.78 is 7.28. The summed E-state index contributed by atoms with van der Waals surface area (Å²) >= 11 is 5.97. The van der Waals surface area contributed by atoms with Crippen LogP contribution in [0.15, 0.2) is 72.9 Å². The first-order valence-corrected chi connectivity index (χ1v) is 13.4. The summed E-state index contributed by atoms with van der Waals surface area (Å²) in [4.78, 5) is 19.0. The van der Waals surface area contributed by atoms with E-state index >= 15 is 0 Å². The molecule has 0 radical (unpaired) electrons. The Balaban J connectivity index is 1.64. The van der Waals surface area contributed by atoms with E-state index in [0.29, 0.717) is 5.11 Å². The van der Waals surface area contributed by atoms with Gasteiger partial charge in [-0.05, 0) is 93.5 Å². The van der Waals surface area contributed by atoms with Gasteiger partial charge in [-0.3, -0.25) is 9.78 Å². The highest BCUT2D eigenvalue weighted by molar-refractivity contribution is 7.80. The van der Waals surface area contributed by atoms with Crippen LogP contribution in [0.2, 0.25) is 0 Å². The molecule has 1 aliphatic heterocycles. The zero-order valence-electron chi connectivity index (χ0n) is 22.9. The number of carbonyl (C=O) groups excluding carboxylic acids is 1. The fraction of sp³-hybridized carbons (Fsp3) is 0.258. The van der Waals surface area contributed by atoms with E-state index in [9.17, 15) is 4.79 Å². The molecular formula is C31H33N5O2S. The minimum atomic E-state index is -0.191. The van der Waals surface area contributed by atoms with Gasteiger partial charge >= 0.3 is 0 Å². The summed E-state index contributed by atoms with van der Waals surface area (Å²) in [5, 5.41) is 7.13. The van der Waals surface area contributed by atoms with Crippen molar-refractivity contribution in [2.75, 3.05) is 23.9 Å². The lowest BCUT2D eigenvalue weighted by atomic mass is 9.93. The number of aryl methyl sites for hydroxylation is 1. The molecule has 1 amide bonds. The van der Waals surface area contributed by atoms with Crippen LogP contribution in [0.1, 0.15) is 45.9 Å². The van der Waals surface area contributed by atoms with Crippen molar-refractivity contribution in [2.24, 2.45) is 0 Å². The zero-order chi connectivity index (χ0) is 27.7. The van der Waals surface area contributed by atoms with Crippen molar-refractivity contribution in [3.8, 4) is 5.69 Å². The van der Waals surface area contributed by atoms with E-state index in [1.165, 1.54) is 29.6 Å². The number of amides is 1. The van der Waals surface area contributed by atoms with Gasteiger partial charge in [0.05, 0.1) is 17.8 Å². The Kier molecular flexibility index (Phi) is 7.50. The van der Waals surface area contributed by atoms with Crippen molar-refractivity contribution < 1.29 is 9.53 Å². The molecule has 200 valence electrons. The first-order valence-electron chi connectivity index (χ1n) is 13.0. The Morgan fingerprint density at radius 2 is 1.74 bits per heavy atom. The van der Waals surface area contributed by atoms with E-state index in [1.54, 1.807) is 0 Å². The molecule has 7 nitrogen and oxygen atoms in total. The van der Waals surface area contributed by atoms with Crippen molar-refractivity contribution in [3.63, 3.8) is 0 Å². The number of ether oxygens (including phenoxy) is 1. The van der Waals surface area contributed by atoms with Crippen molar-refractivity contribution in [1.82, 2.24) is 14.9 Å². The Morgan fingerprint density at radius 3 is 2.41 bits per heavy atom. The number of aromatic nitrogens is 2. The molecule has 0 aliphatic carbocycles. The minimum Gasteiger partial charge on any atom is -0.375 e. The quantitative estimate of drug-likeness (QED) is 0.286. The third kappa shape index (κ3) is 4.93. The normalized spacial score (nSPS) is 16.8. The second kappa shape index (κ2) is 11.0. The predicted octanol–water partition coefficient (Wildman–Crippen LogP) is 5.87. The molecule has 4 aromatic rings. The molecule has 2 aromatic carbocycles. The minimum absolute atomic E-state index is 0.00542. The van der Waals surface area contributed by atoms with E-state index in [2.05, 4.69) is 71.2 Å². The van der Waals surface area contributed by atoms with Crippen LogP contribution in [0.3, 0.4) is 0 Å². The van der Waals surface area contributed by atoms with Crippen LogP contribution < -0.4 is 15.5 Å². The summed E-state index contributed by atoms with van der Waals surface area (Å²) in [7, 11) is 1.51. The standard InChI is InChI=1S/C31H33N5O2S/c1-19-17-24(14-15-25(19)33-27(37)18-38-5)36-30(29(34-31(36)39)26-13-9-10-16-32-26)28-20(2)21(3)35(22(28)4)23-11-7-6-8-12-23/h6-17,29-30H,18H2,1-5H3,(H,33,37)(H,34,39)/t29-,30-/m1/s1. The van der Waals surface area contributed by atoms with Crippen LogP contribution in [0.25, 0.3) is 5.69 Å². The van der Waals surface area contributed by atoms with Crippen LogP contribution >= 0.6 is 12.2 Å². The third-order valence-electron chi connectivity index (χ3n) is 7.45. The number of rotatable bonds is 7. The highest BCUT2D eigenvalue weighted by atomic mass is 32.1. The van der Waals surface area contributed by atoms with Crippen molar-refractivity contribution in [1.29, 1.82) is 0 Å². The zero-order valence-corrected chi connectivity index (χ0v) is 23.7. The number of benzene rings is 2. The predicted molar refractivity (Wildman–Crippen MR) is 160 cm³/mol. The number of methoxy groups -OCH3 is 1. The van der Waals surface area contributed by atoms with Crippen LogP contribution in [-0.2, 0) is 9.53 Å². The molecule has 0 spiro atoms. The average Bonchev–Trinajstić information content (AvgIpc) is 3.38. The van der Waals surface area contributed by atoms with Gasteiger partial charge in [-0.15, -0.1) is 0 Å². The van der Waals surface area contributed by atoms with Gasteiger partial charge < -0.3 is 24.8 Å². The van der Waals surface area contributed by atoms with Gasteiger partial charge in [0.15, 0.2) is 5.11 Å². The number of para-hydroxylation sites is 1. The molecule has 3 heterocycles. The maximum atomic E-state index is 12.1. The molecule has 2 aromatic heterocycles. The van der Waals surface area contributed by atoms with Crippen molar-refractivity contribution in [2.45, 2.75) is 39.8 Å². The summed E-state index contributed by atoms with van der Waals surface area (Å²) in [6, 6.07) is 22.1. The van der Waals surface area contributed by atoms with Gasteiger partial charge in [-0.25, -0.2) is 0 Å². The number of nitrogens with zero attached hydrogens (tertiary/aromatic N) is 3. The molecule has 1 fully saturated rings. The van der Waals surface area contributed by atoms with E-state index in [1.807, 2.05) is 49.5 Å². The number of carbonyl (C=O) groups is 1. The molecule has 1 saturated heterocycles. The number of hydrogen-bond acceptors (Lipinski definition) is 4. The molecule has 0 saturated carbocycles. The largest absolute Gasteiger partial charge is 0.375 e. The molecule has 39 heavy (non-hydrogen) atoms. The lowest BCUT2D eigenvalue weighted by molar-refractivity contribution is -0.119. The number of nitrogens with one attached hydrogen (secondary N) is 2. The van der Waals surface area contributed by atoms with Gasteiger partial charge in [0.2, 0.25) is 5.91 Å². The second-order valence-corrected chi connectivity index (χ2v) is 10.2. The second-order valence-electron chi connectivity index (χ2n) is 9.86. The summed E-state index contributed by atoms with van der Waals surface area (Å²) in [5.74, 6) is -0.191. The fourth-order valence-electron chi connectivity index (χ4n) is 5.59. The third-order valence-corrected chi connectivity index (χ3v) is 7.77. The SMILES string of the molecule is COCC(=O)Nc1ccc(N2C(=S)N[C@H](c3ccccn3)[C@H]2c2c(C)c(C)n(-c3ccccc3)c2C)cc1C. The summed E-state index contributed by atoms with van der Waals surface area (Å²) in [6.45, 7) is 8.52. The van der Waals surface area contributed by atoms with Gasteiger partial charge in [-0.1, -0.05) is 24.3 Å². The van der Waals surface area contributed by atoms with E-state index < -0.39 is 0 Å². The smallest absolute Gasteiger partial charge is 0.250 e. The molecule has 2 atom stereocenters. The summed E-state index contributed by atoms with van der Waals surface area (Å²) in [5.41, 5.74) is 9.48. The number of anilines is 2. The Morgan fingerprint density at radius 1 is 1.00 bits per heavy atom. The lowest BCUT2D eigenvalue weighted by Gasteiger charge is -2.29. The van der Waals surface area contributed by atoms with Crippen LogP contribution in [0, 0.1) is 27.7 Å². The Labute approximate surface area is 234 Å². The Hall–Kier alpha value is -4.01. The van der Waals surface area contributed by atoms with Crippen LogP contribution in [0.5, 0.6) is 0 Å². The molecule has 8 heteroatoms. The monoisotopic (exact) mass is 539 g/mol. The molecule has 1 aliphatic rings. The Bertz CT molecular complexity index is 1520. The van der Waals surface area contributed by atoms with Gasteiger partial charge in [0.1, 0.15) is 6.61 Å². The van der Waals surface area contributed by atoms with E-state index in [4.69, 9.17) is 21.9 Å².